The van der Waals surface area contributed by atoms with Crippen LogP contribution in [0.4, 0.5) is 0 Å². The lowest BCUT2D eigenvalue weighted by atomic mass is 10.1. The van der Waals surface area contributed by atoms with Crippen molar-refractivity contribution in [3.05, 3.63) is 11.9 Å². The Morgan fingerprint density at radius 2 is 1.94 bits per heavy atom. The summed E-state index contributed by atoms with van der Waals surface area (Å²) in [7, 11) is 0. The summed E-state index contributed by atoms with van der Waals surface area (Å²) in [6, 6.07) is 0. The molecule has 0 amide bonds. The molecule has 0 saturated heterocycles. The van der Waals surface area contributed by atoms with E-state index >= 15 is 0 Å². The van der Waals surface area contributed by atoms with Gasteiger partial charge in [0.2, 0.25) is 0 Å². The topological polar surface area (TPSA) is 30.7 Å². The van der Waals surface area contributed by atoms with Gasteiger partial charge in [-0.2, -0.15) is 0 Å². The highest BCUT2D eigenvalue weighted by molar-refractivity contribution is 4.92. The summed E-state index contributed by atoms with van der Waals surface area (Å²) in [6.07, 6.45) is 9.79. The molecule has 0 aromatic carbocycles. The van der Waals surface area contributed by atoms with Gasteiger partial charge >= 0.3 is 0 Å². The van der Waals surface area contributed by atoms with E-state index in [2.05, 4.69) is 37.3 Å². The van der Waals surface area contributed by atoms with Crippen LogP contribution in [0.5, 0.6) is 0 Å². The molecule has 1 aromatic heterocycles. The van der Waals surface area contributed by atoms with Crippen molar-refractivity contribution in [2.75, 3.05) is 0 Å². The quantitative estimate of drug-likeness (QED) is 0.632. The summed E-state index contributed by atoms with van der Waals surface area (Å²) in [6.45, 7) is 7.62. The Hall–Kier alpha value is -0.860. The molecule has 0 aliphatic carbocycles. The van der Waals surface area contributed by atoms with Crippen LogP contribution >= 0.6 is 0 Å². The summed E-state index contributed by atoms with van der Waals surface area (Å²) < 4.78 is 1.96. The molecule has 0 N–H and O–H groups in total. The predicted molar refractivity (Wildman–Crippen MR) is 67.3 cm³/mol. The third kappa shape index (κ3) is 5.29. The summed E-state index contributed by atoms with van der Waals surface area (Å²) in [5, 5.41) is 8.34. The molecule has 1 rings (SSSR count). The largest absolute Gasteiger partial charge is 0.252 e. The van der Waals surface area contributed by atoms with E-state index in [1.54, 1.807) is 0 Å². The van der Waals surface area contributed by atoms with Crippen LogP contribution in [0, 0.1) is 5.92 Å². The minimum atomic E-state index is 0.638. The van der Waals surface area contributed by atoms with E-state index in [-0.39, 0.29) is 0 Å². The highest BCUT2D eigenvalue weighted by Crippen LogP contribution is 2.07. The van der Waals surface area contributed by atoms with Crippen molar-refractivity contribution in [2.24, 2.45) is 5.92 Å². The number of rotatable bonds is 8. The maximum absolute atomic E-state index is 4.20. The third-order valence-electron chi connectivity index (χ3n) is 2.67. The van der Waals surface area contributed by atoms with E-state index in [0.29, 0.717) is 5.92 Å². The lowest BCUT2D eigenvalue weighted by Crippen LogP contribution is -2.04. The standard InChI is InChI=1S/C13H25N3/c1-4-5-6-7-8-9-13-11-16(15-14-13)10-12(2)3/h11-12H,4-10H2,1-3H3. The van der Waals surface area contributed by atoms with Crippen molar-refractivity contribution >= 4 is 0 Å². The Kier molecular flexibility index (Phi) is 6.12. The van der Waals surface area contributed by atoms with Crippen molar-refractivity contribution in [1.29, 1.82) is 0 Å². The first kappa shape index (κ1) is 13.2. The second-order valence-corrected chi connectivity index (χ2v) is 4.99. The Labute approximate surface area is 99.2 Å². The van der Waals surface area contributed by atoms with Gasteiger partial charge in [0, 0.05) is 12.7 Å². The van der Waals surface area contributed by atoms with Gasteiger partial charge in [0.25, 0.3) is 0 Å². The van der Waals surface area contributed by atoms with Crippen molar-refractivity contribution in [2.45, 2.75) is 65.8 Å². The molecule has 1 aromatic rings. The van der Waals surface area contributed by atoms with E-state index in [1.165, 1.54) is 32.1 Å². The van der Waals surface area contributed by atoms with Crippen LogP contribution in [0.3, 0.4) is 0 Å². The lowest BCUT2D eigenvalue weighted by molar-refractivity contribution is 0.472. The van der Waals surface area contributed by atoms with Gasteiger partial charge in [-0.15, -0.1) is 5.10 Å². The number of hydrogen-bond acceptors (Lipinski definition) is 2. The minimum absolute atomic E-state index is 0.638. The summed E-state index contributed by atoms with van der Waals surface area (Å²) in [4.78, 5) is 0. The molecule has 0 saturated carbocycles. The van der Waals surface area contributed by atoms with Gasteiger partial charge in [-0.3, -0.25) is 4.68 Å². The van der Waals surface area contributed by atoms with Crippen LogP contribution in [-0.4, -0.2) is 15.0 Å². The molecular weight excluding hydrogens is 198 g/mol. The zero-order chi connectivity index (χ0) is 11.8. The smallest absolute Gasteiger partial charge is 0.0827 e. The Balaban J connectivity index is 2.19. The van der Waals surface area contributed by atoms with Crippen LogP contribution in [0.1, 0.15) is 58.6 Å². The van der Waals surface area contributed by atoms with Gasteiger partial charge in [-0.25, -0.2) is 0 Å². The van der Waals surface area contributed by atoms with Crippen molar-refractivity contribution in [3.63, 3.8) is 0 Å². The molecule has 0 radical (unpaired) electrons. The fraction of sp³-hybridized carbons (Fsp3) is 0.846. The zero-order valence-electron chi connectivity index (χ0n) is 10.9. The second kappa shape index (κ2) is 7.42. The SMILES string of the molecule is CCCCCCCc1cn(CC(C)C)nn1. The second-order valence-electron chi connectivity index (χ2n) is 4.99. The van der Waals surface area contributed by atoms with E-state index in [1.807, 2.05) is 4.68 Å². The molecule has 0 atom stereocenters. The molecule has 0 fully saturated rings. The highest BCUT2D eigenvalue weighted by atomic mass is 15.4. The van der Waals surface area contributed by atoms with E-state index in [9.17, 15) is 0 Å². The third-order valence-corrected chi connectivity index (χ3v) is 2.67. The average Bonchev–Trinajstić information content (AvgIpc) is 2.64. The van der Waals surface area contributed by atoms with Crippen LogP contribution in [0.25, 0.3) is 0 Å². The van der Waals surface area contributed by atoms with Crippen LogP contribution in [0.15, 0.2) is 6.20 Å². The van der Waals surface area contributed by atoms with E-state index in [0.717, 1.165) is 18.7 Å². The molecule has 0 bridgehead atoms. The fourth-order valence-electron chi connectivity index (χ4n) is 1.83. The monoisotopic (exact) mass is 223 g/mol. The fourth-order valence-corrected chi connectivity index (χ4v) is 1.83. The molecule has 3 heteroatoms. The summed E-state index contributed by atoms with van der Waals surface area (Å²) >= 11 is 0. The van der Waals surface area contributed by atoms with Gasteiger partial charge in [0.15, 0.2) is 0 Å². The van der Waals surface area contributed by atoms with Gasteiger partial charge in [0.05, 0.1) is 5.69 Å². The average molecular weight is 223 g/mol. The normalized spacial score (nSPS) is 11.2. The Bertz CT molecular complexity index is 278. The molecule has 16 heavy (non-hydrogen) atoms. The van der Waals surface area contributed by atoms with E-state index in [4.69, 9.17) is 0 Å². The van der Waals surface area contributed by atoms with Crippen molar-refractivity contribution in [1.82, 2.24) is 15.0 Å². The highest BCUT2D eigenvalue weighted by Gasteiger charge is 2.02. The molecule has 1 heterocycles. The van der Waals surface area contributed by atoms with Crippen LogP contribution < -0.4 is 0 Å². The number of nitrogens with zero attached hydrogens (tertiary/aromatic N) is 3. The Morgan fingerprint density at radius 3 is 2.62 bits per heavy atom. The molecule has 0 unspecified atom stereocenters. The number of aromatic nitrogens is 3. The van der Waals surface area contributed by atoms with Gasteiger partial charge in [0.1, 0.15) is 0 Å². The summed E-state index contributed by atoms with van der Waals surface area (Å²) in [5.41, 5.74) is 1.15. The molecule has 92 valence electrons. The number of hydrogen-bond donors (Lipinski definition) is 0. The maximum atomic E-state index is 4.20. The minimum Gasteiger partial charge on any atom is -0.252 e. The van der Waals surface area contributed by atoms with Crippen molar-refractivity contribution in [3.8, 4) is 0 Å². The first-order chi connectivity index (χ1) is 7.72. The molecular formula is C13H25N3. The number of aryl methyl sites for hydroxylation is 1. The summed E-state index contributed by atoms with van der Waals surface area (Å²) in [5.74, 6) is 0.638. The maximum Gasteiger partial charge on any atom is 0.0827 e. The van der Waals surface area contributed by atoms with E-state index < -0.39 is 0 Å². The van der Waals surface area contributed by atoms with Gasteiger partial charge in [-0.05, 0) is 18.8 Å². The molecule has 0 aliphatic rings. The Morgan fingerprint density at radius 1 is 1.19 bits per heavy atom. The van der Waals surface area contributed by atoms with Gasteiger partial charge < -0.3 is 0 Å². The lowest BCUT2D eigenvalue weighted by Gasteiger charge is -2.02. The molecule has 0 aliphatic heterocycles. The molecule has 0 spiro atoms. The first-order valence-corrected chi connectivity index (χ1v) is 6.61. The first-order valence-electron chi connectivity index (χ1n) is 6.61. The van der Waals surface area contributed by atoms with Crippen LogP contribution in [-0.2, 0) is 13.0 Å². The van der Waals surface area contributed by atoms with Gasteiger partial charge in [-0.1, -0.05) is 51.7 Å². The number of unbranched alkanes of at least 4 members (excludes halogenated alkanes) is 4. The zero-order valence-corrected chi connectivity index (χ0v) is 10.9. The predicted octanol–water partition coefficient (Wildman–Crippen LogP) is 3.45. The van der Waals surface area contributed by atoms with Crippen molar-refractivity contribution < 1.29 is 0 Å². The van der Waals surface area contributed by atoms with Crippen LogP contribution in [0.2, 0.25) is 0 Å². The molecule has 3 nitrogen and oxygen atoms in total.